The fourth-order valence-corrected chi connectivity index (χ4v) is 1.93. The van der Waals surface area contributed by atoms with Crippen molar-refractivity contribution in [2.75, 3.05) is 7.11 Å². The molecule has 2 aromatic carbocycles. The SMILES string of the molecule is COc1ccc([N+](=O)[O-])cc1-c1ccc(Br)cc1. The molecule has 0 aliphatic carbocycles. The lowest BCUT2D eigenvalue weighted by atomic mass is 10.0. The lowest BCUT2D eigenvalue weighted by Crippen LogP contribution is -1.92. The number of nitro benzene ring substituents is 1. The van der Waals surface area contributed by atoms with Gasteiger partial charge in [-0.1, -0.05) is 28.1 Å². The van der Waals surface area contributed by atoms with E-state index < -0.39 is 4.92 Å². The summed E-state index contributed by atoms with van der Waals surface area (Å²) in [6, 6.07) is 12.1. The molecule has 5 heteroatoms. The van der Waals surface area contributed by atoms with Crippen LogP contribution in [0.1, 0.15) is 0 Å². The first-order valence-electron chi connectivity index (χ1n) is 5.20. The van der Waals surface area contributed by atoms with Crippen LogP contribution in [0.4, 0.5) is 5.69 Å². The van der Waals surface area contributed by atoms with E-state index in [1.165, 1.54) is 12.1 Å². The molecule has 2 rings (SSSR count). The van der Waals surface area contributed by atoms with E-state index in [0.717, 1.165) is 10.0 Å². The van der Waals surface area contributed by atoms with Crippen molar-refractivity contribution in [1.29, 1.82) is 0 Å². The van der Waals surface area contributed by atoms with Crippen LogP contribution < -0.4 is 4.74 Å². The zero-order valence-corrected chi connectivity index (χ0v) is 11.2. The molecule has 2 aromatic rings. The van der Waals surface area contributed by atoms with E-state index in [-0.39, 0.29) is 5.69 Å². The van der Waals surface area contributed by atoms with Crippen molar-refractivity contribution < 1.29 is 9.66 Å². The van der Waals surface area contributed by atoms with Gasteiger partial charge in [0.05, 0.1) is 12.0 Å². The fraction of sp³-hybridized carbons (Fsp3) is 0.0769. The largest absolute Gasteiger partial charge is 0.496 e. The molecule has 0 aliphatic heterocycles. The minimum atomic E-state index is -0.415. The number of methoxy groups -OCH3 is 1. The first kappa shape index (κ1) is 12.6. The summed E-state index contributed by atoms with van der Waals surface area (Å²) in [5.41, 5.74) is 1.63. The van der Waals surface area contributed by atoms with Crippen molar-refractivity contribution in [2.45, 2.75) is 0 Å². The normalized spacial score (nSPS) is 10.1. The molecule has 0 N–H and O–H groups in total. The number of rotatable bonds is 3. The summed E-state index contributed by atoms with van der Waals surface area (Å²) < 4.78 is 6.18. The Hall–Kier alpha value is -1.88. The maximum atomic E-state index is 10.8. The van der Waals surface area contributed by atoms with Crippen LogP contribution in [-0.2, 0) is 0 Å². The van der Waals surface area contributed by atoms with E-state index in [0.29, 0.717) is 11.3 Å². The summed E-state index contributed by atoms with van der Waals surface area (Å²) in [5.74, 6) is 0.614. The second-order valence-corrected chi connectivity index (χ2v) is 4.56. The average molecular weight is 308 g/mol. The molecule has 0 aromatic heterocycles. The van der Waals surface area contributed by atoms with Crippen LogP contribution in [0.2, 0.25) is 0 Å². The molecule has 0 atom stereocenters. The fourth-order valence-electron chi connectivity index (χ4n) is 1.66. The molecule has 0 fully saturated rings. The van der Waals surface area contributed by atoms with Gasteiger partial charge in [0.2, 0.25) is 0 Å². The molecular formula is C13H10BrNO3. The molecule has 0 aliphatic rings. The maximum Gasteiger partial charge on any atom is 0.270 e. The molecule has 0 amide bonds. The van der Waals surface area contributed by atoms with Crippen molar-refractivity contribution in [3.05, 3.63) is 57.1 Å². The standard InChI is InChI=1S/C13H10BrNO3/c1-18-13-7-6-11(15(16)17)8-12(13)9-2-4-10(14)5-3-9/h2-8H,1H3. The van der Waals surface area contributed by atoms with Crippen LogP contribution >= 0.6 is 15.9 Å². The van der Waals surface area contributed by atoms with Crippen LogP contribution in [0.3, 0.4) is 0 Å². The maximum absolute atomic E-state index is 10.8. The highest BCUT2D eigenvalue weighted by Crippen LogP contribution is 2.33. The number of nitrogens with zero attached hydrogens (tertiary/aromatic N) is 1. The van der Waals surface area contributed by atoms with Gasteiger partial charge in [0.1, 0.15) is 5.75 Å². The highest BCUT2D eigenvalue weighted by molar-refractivity contribution is 9.10. The summed E-state index contributed by atoms with van der Waals surface area (Å²) >= 11 is 3.35. The third-order valence-electron chi connectivity index (χ3n) is 2.55. The van der Waals surface area contributed by atoms with Crippen LogP contribution in [0, 0.1) is 10.1 Å². The number of benzene rings is 2. The monoisotopic (exact) mass is 307 g/mol. The van der Waals surface area contributed by atoms with Crippen molar-refractivity contribution in [3.63, 3.8) is 0 Å². The third kappa shape index (κ3) is 2.51. The molecule has 0 radical (unpaired) electrons. The molecule has 4 nitrogen and oxygen atoms in total. The Bertz CT molecular complexity index is 581. The number of non-ortho nitro benzene ring substituents is 1. The van der Waals surface area contributed by atoms with E-state index in [4.69, 9.17) is 4.74 Å². The summed E-state index contributed by atoms with van der Waals surface area (Å²) in [6.07, 6.45) is 0. The third-order valence-corrected chi connectivity index (χ3v) is 3.08. The van der Waals surface area contributed by atoms with Gasteiger partial charge in [0.15, 0.2) is 0 Å². The number of ether oxygens (including phenoxy) is 1. The van der Waals surface area contributed by atoms with Gasteiger partial charge in [-0.3, -0.25) is 10.1 Å². The zero-order valence-electron chi connectivity index (χ0n) is 9.59. The van der Waals surface area contributed by atoms with Gasteiger partial charge in [-0.05, 0) is 23.8 Å². The Kier molecular flexibility index (Phi) is 3.62. The van der Waals surface area contributed by atoms with Crippen LogP contribution in [0.15, 0.2) is 46.9 Å². The van der Waals surface area contributed by atoms with Crippen molar-refractivity contribution in [3.8, 4) is 16.9 Å². The second kappa shape index (κ2) is 5.18. The van der Waals surface area contributed by atoms with Crippen LogP contribution in [-0.4, -0.2) is 12.0 Å². The number of hydrogen-bond acceptors (Lipinski definition) is 3. The van der Waals surface area contributed by atoms with Crippen LogP contribution in [0.25, 0.3) is 11.1 Å². The van der Waals surface area contributed by atoms with E-state index in [2.05, 4.69) is 15.9 Å². The van der Waals surface area contributed by atoms with E-state index >= 15 is 0 Å². The molecule has 0 saturated heterocycles. The van der Waals surface area contributed by atoms with Gasteiger partial charge in [-0.2, -0.15) is 0 Å². The molecule has 0 unspecified atom stereocenters. The second-order valence-electron chi connectivity index (χ2n) is 3.65. The molecule has 92 valence electrons. The van der Waals surface area contributed by atoms with Gasteiger partial charge in [-0.15, -0.1) is 0 Å². The highest BCUT2D eigenvalue weighted by Gasteiger charge is 2.12. The smallest absolute Gasteiger partial charge is 0.270 e. The predicted octanol–water partition coefficient (Wildman–Crippen LogP) is 4.03. The Morgan fingerprint density at radius 3 is 2.39 bits per heavy atom. The van der Waals surface area contributed by atoms with E-state index in [1.54, 1.807) is 13.2 Å². The first-order valence-corrected chi connectivity index (χ1v) is 5.99. The average Bonchev–Trinajstić information content (AvgIpc) is 2.39. The number of hydrogen-bond donors (Lipinski definition) is 0. The van der Waals surface area contributed by atoms with Crippen molar-refractivity contribution >= 4 is 21.6 Å². The Morgan fingerprint density at radius 1 is 1.17 bits per heavy atom. The van der Waals surface area contributed by atoms with Gasteiger partial charge >= 0.3 is 0 Å². The van der Waals surface area contributed by atoms with E-state index in [9.17, 15) is 10.1 Å². The lowest BCUT2D eigenvalue weighted by Gasteiger charge is -2.08. The first-order chi connectivity index (χ1) is 8.61. The lowest BCUT2D eigenvalue weighted by molar-refractivity contribution is -0.384. The van der Waals surface area contributed by atoms with Gasteiger partial charge in [-0.25, -0.2) is 0 Å². The highest BCUT2D eigenvalue weighted by atomic mass is 79.9. The molecular weight excluding hydrogens is 298 g/mol. The van der Waals surface area contributed by atoms with Crippen molar-refractivity contribution in [1.82, 2.24) is 0 Å². The summed E-state index contributed by atoms with van der Waals surface area (Å²) in [7, 11) is 1.55. The zero-order chi connectivity index (χ0) is 13.1. The summed E-state index contributed by atoms with van der Waals surface area (Å²) in [5, 5.41) is 10.8. The molecule has 0 saturated carbocycles. The van der Waals surface area contributed by atoms with E-state index in [1.807, 2.05) is 24.3 Å². The Morgan fingerprint density at radius 2 is 1.83 bits per heavy atom. The summed E-state index contributed by atoms with van der Waals surface area (Å²) in [6.45, 7) is 0. The molecule has 0 spiro atoms. The molecule has 18 heavy (non-hydrogen) atoms. The molecule has 0 bridgehead atoms. The Balaban J connectivity index is 2.56. The molecule has 0 heterocycles. The number of halogens is 1. The quantitative estimate of drug-likeness (QED) is 0.635. The van der Waals surface area contributed by atoms with Gasteiger partial charge < -0.3 is 4.74 Å². The minimum Gasteiger partial charge on any atom is -0.496 e. The minimum absolute atomic E-state index is 0.0497. The number of nitro groups is 1. The Labute approximate surface area is 112 Å². The topological polar surface area (TPSA) is 52.4 Å². The van der Waals surface area contributed by atoms with Gasteiger partial charge in [0, 0.05) is 22.2 Å². The van der Waals surface area contributed by atoms with Gasteiger partial charge in [0.25, 0.3) is 5.69 Å². The predicted molar refractivity (Wildman–Crippen MR) is 72.8 cm³/mol. The van der Waals surface area contributed by atoms with Crippen molar-refractivity contribution in [2.24, 2.45) is 0 Å². The summed E-state index contributed by atoms with van der Waals surface area (Å²) in [4.78, 5) is 10.4. The van der Waals surface area contributed by atoms with Crippen LogP contribution in [0.5, 0.6) is 5.75 Å².